The largest absolute Gasteiger partial charge is 0.497 e. The molecule has 0 radical (unpaired) electrons. The van der Waals surface area contributed by atoms with Crippen molar-refractivity contribution in [2.75, 3.05) is 27.4 Å². The number of rotatable bonds is 9. The third-order valence-corrected chi connectivity index (χ3v) is 8.80. The summed E-state index contributed by atoms with van der Waals surface area (Å²) in [5.41, 5.74) is 0.537. The number of aryl methyl sites for hydroxylation is 1. The van der Waals surface area contributed by atoms with Crippen molar-refractivity contribution in [3.63, 3.8) is 0 Å². The Morgan fingerprint density at radius 2 is 1.50 bits per heavy atom. The molecule has 10 nitrogen and oxygen atoms in total. The maximum Gasteiger partial charge on any atom is 0.330 e. The van der Waals surface area contributed by atoms with E-state index in [4.69, 9.17) is 23.7 Å². The van der Waals surface area contributed by atoms with Gasteiger partial charge in [-0.25, -0.2) is 4.79 Å². The van der Waals surface area contributed by atoms with Crippen LogP contribution in [0.15, 0.2) is 94.6 Å². The molecule has 6 rings (SSSR count). The zero-order valence-electron chi connectivity index (χ0n) is 25.1. The molecule has 2 saturated heterocycles. The van der Waals surface area contributed by atoms with E-state index in [1.54, 1.807) is 21.1 Å². The van der Waals surface area contributed by atoms with E-state index in [0.29, 0.717) is 17.1 Å². The molecule has 2 aliphatic rings. The van der Waals surface area contributed by atoms with Crippen LogP contribution in [0.5, 0.6) is 11.5 Å². The predicted octanol–water partition coefficient (Wildman–Crippen LogP) is 3.74. The number of hydrogen-bond acceptors (Lipinski definition) is 8. The second-order valence-corrected chi connectivity index (χ2v) is 11.4. The molecule has 230 valence electrons. The lowest BCUT2D eigenvalue weighted by atomic mass is 9.79. The Kier molecular flexibility index (Phi) is 7.93. The molecule has 10 heteroatoms. The number of nitrogens with one attached hydrogen (secondary N) is 1. The number of aliphatic hydroxyl groups is 1. The van der Waals surface area contributed by atoms with E-state index in [1.807, 2.05) is 85.8 Å². The fourth-order valence-corrected chi connectivity index (χ4v) is 6.36. The summed E-state index contributed by atoms with van der Waals surface area (Å²) < 4.78 is 32.0. The molecule has 0 amide bonds. The second kappa shape index (κ2) is 11.7. The van der Waals surface area contributed by atoms with Crippen molar-refractivity contribution in [3.8, 4) is 11.5 Å². The highest BCUT2D eigenvalue weighted by Crippen LogP contribution is 2.51. The number of benzene rings is 3. The Morgan fingerprint density at radius 1 is 0.932 bits per heavy atom. The van der Waals surface area contributed by atoms with E-state index in [0.717, 1.165) is 16.7 Å². The number of hydrogen-bond donors (Lipinski definition) is 2. The Hall–Kier alpha value is -4.22. The highest BCUT2D eigenvalue weighted by atomic mass is 16.7. The van der Waals surface area contributed by atoms with Crippen LogP contribution in [0, 0.1) is 18.8 Å². The van der Waals surface area contributed by atoms with Crippen LogP contribution in [0.4, 0.5) is 0 Å². The first-order valence-electron chi connectivity index (χ1n) is 14.5. The Bertz CT molecular complexity index is 1670. The zero-order chi connectivity index (χ0) is 31.1. The van der Waals surface area contributed by atoms with Gasteiger partial charge in [-0.1, -0.05) is 61.5 Å². The van der Waals surface area contributed by atoms with E-state index >= 15 is 0 Å². The summed E-state index contributed by atoms with van der Waals surface area (Å²) in [5.74, 6) is -0.856. The minimum absolute atomic E-state index is 0.146. The fraction of sp³-hybridized carbons (Fsp3) is 0.353. The summed E-state index contributed by atoms with van der Waals surface area (Å²) in [7, 11) is 3.22. The number of aromatic amines is 1. The van der Waals surface area contributed by atoms with Crippen LogP contribution >= 0.6 is 0 Å². The van der Waals surface area contributed by atoms with Gasteiger partial charge in [0.1, 0.15) is 36.0 Å². The third kappa shape index (κ3) is 4.93. The number of aliphatic hydroxyl groups excluding tert-OH is 1. The molecule has 0 unspecified atom stereocenters. The number of fused-ring (bicyclic) bond motifs is 2. The van der Waals surface area contributed by atoms with Crippen molar-refractivity contribution in [1.29, 1.82) is 0 Å². The molecule has 0 spiro atoms. The third-order valence-electron chi connectivity index (χ3n) is 8.80. The normalized spacial score (nSPS) is 24.7. The highest BCUT2D eigenvalue weighted by molar-refractivity contribution is 5.49. The van der Waals surface area contributed by atoms with Gasteiger partial charge in [0.25, 0.3) is 5.56 Å². The number of H-pyrrole nitrogens is 1. The second-order valence-electron chi connectivity index (χ2n) is 11.4. The van der Waals surface area contributed by atoms with Gasteiger partial charge >= 0.3 is 5.69 Å². The van der Waals surface area contributed by atoms with E-state index in [-0.39, 0.29) is 19.1 Å². The smallest absolute Gasteiger partial charge is 0.330 e. The summed E-state index contributed by atoms with van der Waals surface area (Å²) in [6.45, 7) is 3.65. The lowest BCUT2D eigenvalue weighted by Crippen LogP contribution is -2.55. The summed E-state index contributed by atoms with van der Waals surface area (Å²) in [6.07, 6.45) is -0.554. The number of methoxy groups -OCH3 is 2. The van der Waals surface area contributed by atoms with Gasteiger partial charge in [0.05, 0.1) is 20.8 Å². The van der Waals surface area contributed by atoms with Gasteiger partial charge in [0, 0.05) is 17.7 Å². The van der Waals surface area contributed by atoms with Gasteiger partial charge in [-0.3, -0.25) is 14.3 Å². The minimum Gasteiger partial charge on any atom is -0.497 e. The molecule has 3 heterocycles. The first-order valence-corrected chi connectivity index (χ1v) is 14.5. The number of ether oxygens (including phenoxy) is 5. The van der Waals surface area contributed by atoms with Gasteiger partial charge in [0.15, 0.2) is 0 Å². The summed E-state index contributed by atoms with van der Waals surface area (Å²) in [4.78, 5) is 27.4. The van der Waals surface area contributed by atoms with E-state index in [1.165, 1.54) is 10.8 Å². The molecular weight excluding hydrogens is 564 g/mol. The van der Waals surface area contributed by atoms with Crippen molar-refractivity contribution in [3.05, 3.63) is 128 Å². The standard InChI is InChI=1S/C34H36N2O8/c1-21-18-36(32(39)35-30(21)38)31-28-22(2)19-42-33(44-31,29(28)37)20-43-34(23-8-6-5-7-9-23,24-10-14-26(40-3)15-11-24)25-12-16-27(41-4)17-13-25/h5-18,22,28-29,31,37H,19-20H2,1-4H3,(H,35,38,39)/t22-,28-,29+,31-,33-/m1/s1. The van der Waals surface area contributed by atoms with Crippen LogP contribution in [0.2, 0.25) is 0 Å². The lowest BCUT2D eigenvalue weighted by molar-refractivity contribution is -0.302. The molecule has 1 aromatic heterocycles. The number of aromatic nitrogens is 2. The van der Waals surface area contributed by atoms with Crippen molar-refractivity contribution < 1.29 is 28.8 Å². The molecule has 2 aliphatic heterocycles. The maximum absolute atomic E-state index is 12.9. The quantitative estimate of drug-likeness (QED) is 0.279. The Morgan fingerprint density at radius 3 is 2.07 bits per heavy atom. The topological polar surface area (TPSA) is 121 Å². The zero-order valence-corrected chi connectivity index (χ0v) is 25.1. The van der Waals surface area contributed by atoms with Crippen molar-refractivity contribution in [2.45, 2.75) is 37.6 Å². The molecule has 0 saturated carbocycles. The van der Waals surface area contributed by atoms with Crippen LogP contribution < -0.4 is 20.7 Å². The van der Waals surface area contributed by atoms with Crippen LogP contribution in [0.3, 0.4) is 0 Å². The van der Waals surface area contributed by atoms with Crippen molar-refractivity contribution in [1.82, 2.24) is 9.55 Å². The van der Waals surface area contributed by atoms with E-state index < -0.39 is 40.9 Å². The molecule has 3 aromatic carbocycles. The summed E-state index contributed by atoms with van der Waals surface area (Å²) in [6, 6.07) is 25.0. The fourth-order valence-electron chi connectivity index (χ4n) is 6.36. The monoisotopic (exact) mass is 600 g/mol. The van der Waals surface area contributed by atoms with Crippen LogP contribution in [0.25, 0.3) is 0 Å². The molecular formula is C34H36N2O8. The average molecular weight is 601 g/mol. The lowest BCUT2D eigenvalue weighted by Gasteiger charge is -2.42. The minimum atomic E-state index is -1.59. The van der Waals surface area contributed by atoms with Crippen molar-refractivity contribution in [2.24, 2.45) is 11.8 Å². The summed E-state index contributed by atoms with van der Waals surface area (Å²) >= 11 is 0. The summed E-state index contributed by atoms with van der Waals surface area (Å²) in [5, 5.41) is 11.8. The Labute approximate surface area is 254 Å². The molecule has 2 N–H and O–H groups in total. The number of nitrogens with zero attached hydrogens (tertiary/aromatic N) is 1. The molecule has 0 aliphatic carbocycles. The molecule has 2 fully saturated rings. The first-order chi connectivity index (χ1) is 21.2. The van der Waals surface area contributed by atoms with Crippen LogP contribution in [0.1, 0.15) is 35.4 Å². The SMILES string of the molecule is COc1ccc(C(OC[C@@]23OC[C@@H](C)[C@@H]([C@H](n4cc(C)c(=O)[nH]c4=O)O2)[C@@H]3O)(c2ccccc2)c2ccc(OC)cc2)cc1. The molecule has 2 bridgehead atoms. The van der Waals surface area contributed by atoms with Crippen LogP contribution in [-0.4, -0.2) is 54.0 Å². The van der Waals surface area contributed by atoms with Gasteiger partial charge in [-0.2, -0.15) is 0 Å². The van der Waals surface area contributed by atoms with Gasteiger partial charge in [-0.15, -0.1) is 0 Å². The maximum atomic E-state index is 12.9. The predicted molar refractivity (Wildman–Crippen MR) is 162 cm³/mol. The first kappa shape index (κ1) is 29.8. The van der Waals surface area contributed by atoms with E-state index in [2.05, 4.69) is 4.98 Å². The van der Waals surface area contributed by atoms with Crippen LogP contribution in [-0.2, 0) is 19.8 Å². The van der Waals surface area contributed by atoms with Gasteiger partial charge < -0.3 is 28.8 Å². The molecule has 4 aromatic rings. The highest BCUT2D eigenvalue weighted by Gasteiger charge is 2.62. The van der Waals surface area contributed by atoms with Crippen molar-refractivity contribution >= 4 is 0 Å². The Balaban J connectivity index is 1.47. The molecule has 5 atom stereocenters. The van der Waals surface area contributed by atoms with E-state index in [9.17, 15) is 14.7 Å². The van der Waals surface area contributed by atoms with Gasteiger partial charge in [0.2, 0.25) is 5.79 Å². The van der Waals surface area contributed by atoms with Gasteiger partial charge in [-0.05, 0) is 53.8 Å². The molecule has 44 heavy (non-hydrogen) atoms. The average Bonchev–Trinajstić information content (AvgIpc) is 3.24.